The molecular formula is C16H18FN3. The molecule has 20 heavy (non-hydrogen) atoms. The van der Waals surface area contributed by atoms with Crippen molar-refractivity contribution >= 4 is 0 Å². The van der Waals surface area contributed by atoms with Crippen LogP contribution in [-0.4, -0.2) is 11.1 Å². The summed E-state index contributed by atoms with van der Waals surface area (Å²) in [7, 11) is 0. The maximum atomic E-state index is 13.4. The Morgan fingerprint density at radius 2 is 2.20 bits per heavy atom. The van der Waals surface area contributed by atoms with Crippen LogP contribution >= 0.6 is 0 Å². The summed E-state index contributed by atoms with van der Waals surface area (Å²) >= 11 is 0. The van der Waals surface area contributed by atoms with Crippen molar-refractivity contribution in [2.75, 3.05) is 6.54 Å². The van der Waals surface area contributed by atoms with Crippen molar-refractivity contribution in [3.63, 3.8) is 0 Å². The largest absolute Gasteiger partial charge is 0.350 e. The van der Waals surface area contributed by atoms with Crippen LogP contribution in [0.1, 0.15) is 36.6 Å². The van der Waals surface area contributed by atoms with Crippen molar-refractivity contribution in [1.29, 1.82) is 5.26 Å². The first-order chi connectivity index (χ1) is 9.62. The highest BCUT2D eigenvalue weighted by atomic mass is 19.1. The molecule has 1 atom stereocenters. The summed E-state index contributed by atoms with van der Waals surface area (Å²) in [6.45, 7) is 5.66. The van der Waals surface area contributed by atoms with Gasteiger partial charge in [0, 0.05) is 25.0 Å². The Bertz CT molecular complexity index is 625. The van der Waals surface area contributed by atoms with Crippen molar-refractivity contribution in [3.05, 3.63) is 59.2 Å². The average molecular weight is 271 g/mol. The number of hydrogen-bond acceptors (Lipinski definition) is 2. The zero-order valence-corrected chi connectivity index (χ0v) is 11.7. The Balaban J connectivity index is 2.15. The molecule has 0 spiro atoms. The first-order valence-corrected chi connectivity index (χ1v) is 6.71. The van der Waals surface area contributed by atoms with Crippen molar-refractivity contribution in [3.8, 4) is 6.07 Å². The van der Waals surface area contributed by atoms with Gasteiger partial charge in [0.2, 0.25) is 0 Å². The second-order valence-corrected chi connectivity index (χ2v) is 4.86. The van der Waals surface area contributed by atoms with E-state index in [2.05, 4.69) is 25.2 Å². The summed E-state index contributed by atoms with van der Waals surface area (Å²) in [4.78, 5) is 0. The van der Waals surface area contributed by atoms with Gasteiger partial charge in [-0.3, -0.25) is 0 Å². The molecule has 1 aromatic carbocycles. The van der Waals surface area contributed by atoms with Gasteiger partial charge in [-0.2, -0.15) is 5.26 Å². The maximum absolute atomic E-state index is 13.4. The molecule has 0 saturated heterocycles. The second kappa shape index (κ2) is 6.36. The molecule has 0 aliphatic rings. The van der Waals surface area contributed by atoms with Crippen LogP contribution in [0.3, 0.4) is 0 Å². The lowest BCUT2D eigenvalue weighted by atomic mass is 10.1. The van der Waals surface area contributed by atoms with Gasteiger partial charge in [0.15, 0.2) is 0 Å². The molecule has 1 heterocycles. The fourth-order valence-electron chi connectivity index (χ4n) is 2.25. The molecule has 0 bridgehead atoms. The van der Waals surface area contributed by atoms with Crippen LogP contribution in [-0.2, 0) is 6.54 Å². The van der Waals surface area contributed by atoms with Crippen LogP contribution in [0, 0.1) is 17.1 Å². The van der Waals surface area contributed by atoms with Crippen molar-refractivity contribution in [1.82, 2.24) is 9.88 Å². The van der Waals surface area contributed by atoms with Crippen molar-refractivity contribution < 1.29 is 4.39 Å². The Morgan fingerprint density at radius 3 is 2.90 bits per heavy atom. The molecule has 0 fully saturated rings. The molecule has 0 aliphatic heterocycles. The number of nitrogens with zero attached hydrogens (tertiary/aromatic N) is 2. The minimum absolute atomic E-state index is 0.295. The molecule has 104 valence electrons. The minimum atomic E-state index is -0.368. The summed E-state index contributed by atoms with van der Waals surface area (Å²) in [5.41, 5.74) is 2.34. The van der Waals surface area contributed by atoms with Crippen LogP contribution in [0.4, 0.5) is 4.39 Å². The number of halogens is 1. The van der Waals surface area contributed by atoms with Gasteiger partial charge >= 0.3 is 0 Å². The number of aromatic nitrogens is 1. The third kappa shape index (κ3) is 3.46. The van der Waals surface area contributed by atoms with E-state index in [1.54, 1.807) is 6.07 Å². The monoisotopic (exact) mass is 271 g/mol. The summed E-state index contributed by atoms with van der Waals surface area (Å²) < 4.78 is 15.4. The first-order valence-electron chi connectivity index (χ1n) is 6.71. The Morgan fingerprint density at radius 1 is 1.40 bits per heavy atom. The fourth-order valence-corrected chi connectivity index (χ4v) is 2.25. The third-order valence-electron chi connectivity index (χ3n) is 3.24. The smallest absolute Gasteiger partial charge is 0.124 e. The van der Waals surface area contributed by atoms with Crippen molar-refractivity contribution in [2.45, 2.75) is 26.4 Å². The van der Waals surface area contributed by atoms with Crippen LogP contribution in [0.2, 0.25) is 0 Å². The molecular weight excluding hydrogens is 253 g/mol. The van der Waals surface area contributed by atoms with Gasteiger partial charge in [0.25, 0.3) is 0 Å². The number of nitriles is 1. The number of rotatable bonds is 5. The highest BCUT2D eigenvalue weighted by Gasteiger charge is 2.06. The van der Waals surface area contributed by atoms with Crippen LogP contribution < -0.4 is 5.32 Å². The molecule has 2 rings (SSSR count). The fraction of sp³-hybridized carbons (Fsp3) is 0.312. The molecule has 0 radical (unpaired) electrons. The predicted molar refractivity (Wildman–Crippen MR) is 76.7 cm³/mol. The molecule has 1 N–H and O–H groups in total. The van der Waals surface area contributed by atoms with E-state index in [1.165, 1.54) is 17.7 Å². The van der Waals surface area contributed by atoms with Gasteiger partial charge in [-0.1, -0.05) is 6.92 Å². The van der Waals surface area contributed by atoms with E-state index in [9.17, 15) is 4.39 Å². The Kier molecular flexibility index (Phi) is 4.54. The lowest BCUT2D eigenvalue weighted by molar-refractivity contribution is 0.596. The molecule has 0 aliphatic carbocycles. The van der Waals surface area contributed by atoms with E-state index in [-0.39, 0.29) is 5.82 Å². The summed E-state index contributed by atoms with van der Waals surface area (Å²) in [5.74, 6) is -0.368. The SMILES string of the molecule is CCNC(C)c1ccn(Cc2cc(F)cc(C#N)c2)c1. The van der Waals surface area contributed by atoms with Crippen LogP contribution in [0.25, 0.3) is 0 Å². The standard InChI is InChI=1S/C16H18FN3/c1-3-19-12(2)15-4-5-20(11-15)10-14-6-13(9-18)7-16(17)8-14/h4-8,11-12,19H,3,10H2,1-2H3. The van der Waals surface area contributed by atoms with E-state index in [1.807, 2.05) is 23.0 Å². The van der Waals surface area contributed by atoms with E-state index in [0.717, 1.165) is 12.1 Å². The molecule has 3 nitrogen and oxygen atoms in total. The van der Waals surface area contributed by atoms with Gasteiger partial charge in [-0.05, 0) is 48.9 Å². The van der Waals surface area contributed by atoms with Gasteiger partial charge in [0.1, 0.15) is 5.82 Å². The molecule has 0 amide bonds. The van der Waals surface area contributed by atoms with Gasteiger partial charge in [-0.25, -0.2) is 4.39 Å². The number of hydrogen-bond donors (Lipinski definition) is 1. The maximum Gasteiger partial charge on any atom is 0.124 e. The van der Waals surface area contributed by atoms with Crippen LogP contribution in [0.15, 0.2) is 36.7 Å². The van der Waals surface area contributed by atoms with Gasteiger partial charge in [0.05, 0.1) is 11.6 Å². The minimum Gasteiger partial charge on any atom is -0.350 e. The normalized spacial score (nSPS) is 12.1. The Hall–Kier alpha value is -2.12. The first kappa shape index (κ1) is 14.3. The number of benzene rings is 1. The van der Waals surface area contributed by atoms with Gasteiger partial charge < -0.3 is 9.88 Å². The lowest BCUT2D eigenvalue weighted by Crippen LogP contribution is -2.17. The number of nitrogens with one attached hydrogen (secondary N) is 1. The average Bonchev–Trinajstić information content (AvgIpc) is 2.87. The molecule has 0 saturated carbocycles. The zero-order chi connectivity index (χ0) is 14.5. The van der Waals surface area contributed by atoms with E-state index >= 15 is 0 Å². The molecule has 2 aromatic rings. The lowest BCUT2D eigenvalue weighted by Gasteiger charge is -2.10. The highest BCUT2D eigenvalue weighted by molar-refractivity contribution is 5.34. The topological polar surface area (TPSA) is 40.8 Å². The molecule has 1 unspecified atom stereocenters. The summed E-state index contributed by atoms with van der Waals surface area (Å²) in [6, 6.07) is 8.76. The third-order valence-corrected chi connectivity index (χ3v) is 3.24. The van der Waals surface area contributed by atoms with Gasteiger partial charge in [-0.15, -0.1) is 0 Å². The molecule has 1 aromatic heterocycles. The quantitative estimate of drug-likeness (QED) is 0.907. The van der Waals surface area contributed by atoms with E-state index < -0.39 is 0 Å². The molecule has 4 heteroatoms. The van der Waals surface area contributed by atoms with E-state index in [0.29, 0.717) is 18.2 Å². The zero-order valence-electron chi connectivity index (χ0n) is 11.7. The second-order valence-electron chi connectivity index (χ2n) is 4.86. The highest BCUT2D eigenvalue weighted by Crippen LogP contribution is 2.15. The van der Waals surface area contributed by atoms with Crippen molar-refractivity contribution in [2.24, 2.45) is 0 Å². The summed E-state index contributed by atoms with van der Waals surface area (Å²) in [6.07, 6.45) is 4.02. The van der Waals surface area contributed by atoms with E-state index in [4.69, 9.17) is 5.26 Å². The summed E-state index contributed by atoms with van der Waals surface area (Å²) in [5, 5.41) is 12.2. The van der Waals surface area contributed by atoms with Crippen LogP contribution in [0.5, 0.6) is 0 Å². The predicted octanol–water partition coefficient (Wildman–Crippen LogP) is 3.22. The Labute approximate surface area is 118 Å².